The number of carbonyl (C=O) groups excluding carboxylic acids is 3. The lowest BCUT2D eigenvalue weighted by Crippen LogP contribution is -2.62. The fraction of sp³-hybridized carbons (Fsp3) is 0.702. The van der Waals surface area contributed by atoms with Crippen molar-refractivity contribution in [2.24, 2.45) is 39.7 Å². The number of aliphatic hydroxyl groups excluding tert-OH is 1. The molecule has 0 spiro atoms. The Balaban J connectivity index is 1.39. The predicted octanol–water partition coefficient (Wildman–Crippen LogP) is 6.55. The predicted molar refractivity (Wildman–Crippen MR) is 278 cm³/mol. The van der Waals surface area contributed by atoms with Crippen molar-refractivity contribution in [1.29, 1.82) is 0 Å². The zero-order valence-corrected chi connectivity index (χ0v) is 46.4. The maximum Gasteiger partial charge on any atom is 0.338 e. The molecule has 416 valence electrons. The molecule has 2 bridgehead atoms. The Labute approximate surface area is 443 Å². The van der Waals surface area contributed by atoms with Crippen molar-refractivity contribution in [1.82, 2.24) is 4.90 Å². The van der Waals surface area contributed by atoms with E-state index in [-0.39, 0.29) is 44.6 Å². The molecular weight excluding hydrogens is 967 g/mol. The van der Waals surface area contributed by atoms with E-state index in [1.807, 2.05) is 104 Å². The van der Waals surface area contributed by atoms with Gasteiger partial charge in [-0.05, 0) is 98.5 Å². The smallest absolute Gasteiger partial charge is 0.338 e. The minimum atomic E-state index is -1.87. The summed E-state index contributed by atoms with van der Waals surface area (Å²) in [5.74, 6) is -5.39. The molecule has 18 nitrogen and oxygen atoms in total. The van der Waals surface area contributed by atoms with Crippen LogP contribution in [0.2, 0.25) is 0 Å². The number of ether oxygens (including phenoxy) is 9. The summed E-state index contributed by atoms with van der Waals surface area (Å²) in [6, 6.07) is 17.9. The molecule has 7 rings (SSSR count). The van der Waals surface area contributed by atoms with Gasteiger partial charge in [0.1, 0.15) is 23.4 Å². The number of benzene rings is 2. The topological polar surface area (TPSA) is 212 Å². The van der Waals surface area contributed by atoms with Crippen LogP contribution in [-0.4, -0.2) is 169 Å². The summed E-state index contributed by atoms with van der Waals surface area (Å²) in [4.78, 5) is 54.8. The van der Waals surface area contributed by atoms with Gasteiger partial charge in [0, 0.05) is 44.0 Å². The molecule has 2 N–H and O–H groups in total. The fourth-order valence-corrected chi connectivity index (χ4v) is 12.3. The van der Waals surface area contributed by atoms with Crippen molar-refractivity contribution in [2.75, 3.05) is 34.4 Å². The maximum absolute atomic E-state index is 15.1. The number of likely N-dealkylation sites (N-methyl/N-ethyl adjacent to an activating group) is 1. The molecule has 2 aromatic rings. The second-order valence-electron chi connectivity index (χ2n) is 22.5. The molecule has 20 atom stereocenters. The van der Waals surface area contributed by atoms with Gasteiger partial charge in [0.15, 0.2) is 24.8 Å². The van der Waals surface area contributed by atoms with E-state index in [4.69, 9.17) is 47.5 Å². The van der Waals surface area contributed by atoms with Gasteiger partial charge in [-0.25, -0.2) is 9.79 Å². The van der Waals surface area contributed by atoms with E-state index in [9.17, 15) is 19.8 Å². The van der Waals surface area contributed by atoms with E-state index < -0.39 is 126 Å². The van der Waals surface area contributed by atoms with Crippen LogP contribution in [0.3, 0.4) is 0 Å². The van der Waals surface area contributed by atoms with E-state index in [1.165, 1.54) is 14.0 Å². The Morgan fingerprint density at radius 1 is 0.893 bits per heavy atom. The Hall–Kier alpha value is -4.21. The van der Waals surface area contributed by atoms with E-state index in [2.05, 4.69) is 10.1 Å². The van der Waals surface area contributed by atoms with Gasteiger partial charge in [-0.15, -0.1) is 0 Å². The third-order valence-electron chi connectivity index (χ3n) is 16.5. The summed E-state index contributed by atoms with van der Waals surface area (Å²) in [6.45, 7) is 19.6. The van der Waals surface area contributed by atoms with Gasteiger partial charge in [0.05, 0.1) is 72.4 Å². The van der Waals surface area contributed by atoms with Crippen LogP contribution in [-0.2, 0) is 57.1 Å². The molecule has 1 amide bonds. The molecule has 2 unspecified atom stereocenters. The minimum absolute atomic E-state index is 0.00315. The zero-order valence-electron chi connectivity index (χ0n) is 46.4. The highest BCUT2D eigenvalue weighted by Crippen LogP contribution is 2.44. The van der Waals surface area contributed by atoms with Crippen LogP contribution in [0.25, 0.3) is 0 Å². The number of hydrogen-bond donors (Lipinski definition) is 2. The highest BCUT2D eigenvalue weighted by molar-refractivity contribution is 6.03. The number of esters is 2. The number of aliphatic imine (C=N–C) groups is 1. The monoisotopic (exact) mass is 1050 g/mol. The molecule has 0 aromatic heterocycles. The third kappa shape index (κ3) is 12.7. The average Bonchev–Trinajstić information content (AvgIpc) is 3.78. The Kier molecular flexibility index (Phi) is 18.9. The lowest BCUT2D eigenvalue weighted by Gasteiger charge is -2.51. The van der Waals surface area contributed by atoms with Gasteiger partial charge >= 0.3 is 11.9 Å². The first kappa shape index (κ1) is 58.5. The van der Waals surface area contributed by atoms with Crippen LogP contribution in [0.1, 0.15) is 118 Å². The van der Waals surface area contributed by atoms with Gasteiger partial charge in [0.2, 0.25) is 5.91 Å². The number of rotatable bonds is 10. The first-order valence-electron chi connectivity index (χ1n) is 26.8. The second kappa shape index (κ2) is 24.2. The van der Waals surface area contributed by atoms with Crippen LogP contribution < -0.4 is 0 Å². The number of methoxy groups -OCH3 is 1. The van der Waals surface area contributed by atoms with Crippen molar-refractivity contribution in [3.8, 4) is 0 Å². The SMILES string of the molecule is CC[C@H]1OC(=O)[C@H](C)[C@@H](O[C@H]2C[C@@](C)(OC)[C@@H](OC(=O)c3ccccc3)[C@H](C)O2)[C@@H](C)[C@@H](O[C@@H]2O[C@H](C)C[C@H](N(C)C)[C@H]2O)[C@]2(C)C[C@@H](C)C(=NC(C)=O)[C@H](C)[C@@H](OCC3C(c4ccccc4)=NOC3CO2)[C@]1(C)O. The molecular formula is C57H83N3O15. The summed E-state index contributed by atoms with van der Waals surface area (Å²) < 4.78 is 60.6. The van der Waals surface area contributed by atoms with Gasteiger partial charge in [-0.3, -0.25) is 9.59 Å². The van der Waals surface area contributed by atoms with Crippen molar-refractivity contribution < 1.29 is 72.1 Å². The molecule has 2 aromatic carbocycles. The molecule has 0 saturated carbocycles. The first-order valence-corrected chi connectivity index (χ1v) is 26.8. The number of aliphatic hydroxyl groups is 2. The molecule has 5 aliphatic heterocycles. The third-order valence-corrected chi connectivity index (χ3v) is 16.5. The Morgan fingerprint density at radius 3 is 2.19 bits per heavy atom. The number of fused-ring (bicyclic) bond motifs is 6. The van der Waals surface area contributed by atoms with Gasteiger partial charge < -0.3 is 62.6 Å². The average molecular weight is 1050 g/mol. The van der Waals surface area contributed by atoms with Crippen molar-refractivity contribution in [2.45, 2.75) is 192 Å². The van der Waals surface area contributed by atoms with Gasteiger partial charge in [-0.2, -0.15) is 0 Å². The largest absolute Gasteiger partial charge is 0.459 e. The number of carbonyl (C=O) groups is 3. The fourth-order valence-electron chi connectivity index (χ4n) is 12.3. The van der Waals surface area contributed by atoms with Crippen LogP contribution in [0.15, 0.2) is 70.8 Å². The summed E-state index contributed by atoms with van der Waals surface area (Å²) in [5.41, 5.74) is -2.17. The maximum atomic E-state index is 15.1. The van der Waals surface area contributed by atoms with Crippen LogP contribution in [0.5, 0.6) is 0 Å². The summed E-state index contributed by atoms with van der Waals surface area (Å²) in [5, 5.41) is 29.9. The van der Waals surface area contributed by atoms with Crippen LogP contribution >= 0.6 is 0 Å². The highest BCUT2D eigenvalue weighted by atomic mass is 16.7. The Morgan fingerprint density at radius 2 is 1.56 bits per heavy atom. The van der Waals surface area contributed by atoms with E-state index >= 15 is 4.79 Å². The van der Waals surface area contributed by atoms with Crippen molar-refractivity contribution in [3.05, 3.63) is 71.8 Å². The first-order chi connectivity index (χ1) is 35.4. The summed E-state index contributed by atoms with van der Waals surface area (Å²) in [7, 11) is 5.33. The zero-order chi connectivity index (χ0) is 54.7. The number of nitrogens with zero attached hydrogens (tertiary/aromatic N) is 3. The quantitative estimate of drug-likeness (QED) is 0.242. The standard InChI is InChI=1S/C57H83N3O15/c1-15-43-57(11,65)50-33(4)45(58-37(8)61)31(2)27-56(10,68-30-42-40(29-67-50)46(59-75-42)38-22-18-16-19-23-38)49(74-54-47(62)41(60(12)13)26-32(3)69-54)34(5)48(35(6)52(63)71-43)72-44-28-55(9,66-14)51(36(7)70-44)73-53(64)39-24-20-17-21-25-39/h16-25,31-36,40-44,47-51,54,62,65H,15,26-30H2,1-14H3/t31-,32-,33+,34-,35-,36+,40?,41+,42?,43-,44+,47-,48+,49-,50-,51+,54+,55-,56+,57-/m1/s1. The molecule has 75 heavy (non-hydrogen) atoms. The molecule has 4 fully saturated rings. The number of cyclic esters (lactones) is 1. The number of hydrogen-bond acceptors (Lipinski definition) is 17. The summed E-state index contributed by atoms with van der Waals surface area (Å²) in [6.07, 6.45) is -9.53. The molecule has 0 radical (unpaired) electrons. The Bertz CT molecular complexity index is 2320. The van der Waals surface area contributed by atoms with E-state index in [0.29, 0.717) is 23.4 Å². The van der Waals surface area contributed by atoms with E-state index in [1.54, 1.807) is 45.0 Å². The van der Waals surface area contributed by atoms with Crippen molar-refractivity contribution in [3.63, 3.8) is 0 Å². The molecule has 5 aliphatic rings. The van der Waals surface area contributed by atoms with Gasteiger partial charge in [-0.1, -0.05) is 81.4 Å². The molecule has 0 aliphatic carbocycles. The molecule has 5 heterocycles. The van der Waals surface area contributed by atoms with Gasteiger partial charge in [0.25, 0.3) is 0 Å². The van der Waals surface area contributed by atoms with Crippen molar-refractivity contribution >= 4 is 29.3 Å². The lowest BCUT2D eigenvalue weighted by molar-refractivity contribution is -0.321. The second-order valence-corrected chi connectivity index (χ2v) is 22.5. The minimum Gasteiger partial charge on any atom is -0.459 e. The number of amides is 1. The lowest BCUT2D eigenvalue weighted by atomic mass is 9.73. The van der Waals surface area contributed by atoms with E-state index in [0.717, 1.165) is 5.56 Å². The highest BCUT2D eigenvalue weighted by Gasteiger charge is 2.56. The summed E-state index contributed by atoms with van der Waals surface area (Å²) >= 11 is 0. The molecule has 4 saturated heterocycles. The van der Waals surface area contributed by atoms with Crippen LogP contribution in [0.4, 0.5) is 0 Å². The van der Waals surface area contributed by atoms with Crippen LogP contribution in [0, 0.1) is 29.6 Å². The number of oxime groups is 1. The normalized spacial score (nSPS) is 41.7. The molecule has 18 heteroatoms.